The lowest BCUT2D eigenvalue weighted by molar-refractivity contribution is 0.0697. The van der Waals surface area contributed by atoms with Gasteiger partial charge in [0.05, 0.1) is 16.9 Å². The van der Waals surface area contributed by atoms with E-state index in [-0.39, 0.29) is 16.9 Å². The van der Waals surface area contributed by atoms with Gasteiger partial charge in [-0.05, 0) is 30.3 Å². The van der Waals surface area contributed by atoms with Crippen molar-refractivity contribution in [1.29, 1.82) is 0 Å². The molecule has 0 saturated heterocycles. The Hall–Kier alpha value is -2.61. The molecule has 6 nitrogen and oxygen atoms in total. The molecule has 0 aromatic heterocycles. The Morgan fingerprint density at radius 2 is 1.86 bits per heavy atom. The molecule has 0 aliphatic heterocycles. The standard InChI is InChI=1S/C13H11FN2O4S/c14-9-3-1-2-4-12(9)21(19,20)16-11-6-5-8(13(17)18)7-10(11)15/h1-7,16H,15H2,(H,17,18). The molecule has 8 heteroatoms. The van der Waals surface area contributed by atoms with Gasteiger partial charge in [-0.2, -0.15) is 0 Å². The number of rotatable bonds is 4. The SMILES string of the molecule is Nc1cc(C(=O)O)ccc1NS(=O)(=O)c1ccccc1F. The van der Waals surface area contributed by atoms with E-state index in [1.165, 1.54) is 24.3 Å². The molecule has 0 aliphatic carbocycles. The van der Waals surface area contributed by atoms with Crippen molar-refractivity contribution in [3.05, 3.63) is 53.8 Å². The number of sulfonamides is 1. The molecule has 110 valence electrons. The fourth-order valence-corrected chi connectivity index (χ4v) is 2.82. The number of carbonyl (C=O) groups is 1. The third-order valence-corrected chi connectivity index (χ3v) is 4.07. The molecule has 0 heterocycles. The lowest BCUT2D eigenvalue weighted by Crippen LogP contribution is -2.15. The van der Waals surface area contributed by atoms with Gasteiger partial charge in [-0.1, -0.05) is 12.1 Å². The Morgan fingerprint density at radius 3 is 2.43 bits per heavy atom. The van der Waals surface area contributed by atoms with Gasteiger partial charge in [-0.3, -0.25) is 4.72 Å². The number of nitrogen functional groups attached to an aromatic ring is 1. The summed E-state index contributed by atoms with van der Waals surface area (Å²) in [5.74, 6) is -2.09. The minimum absolute atomic E-state index is 0.0248. The molecule has 4 N–H and O–H groups in total. The minimum atomic E-state index is -4.15. The fourth-order valence-electron chi connectivity index (χ4n) is 1.65. The molecule has 2 aromatic rings. The van der Waals surface area contributed by atoms with Gasteiger partial charge in [0.1, 0.15) is 10.7 Å². The highest BCUT2D eigenvalue weighted by molar-refractivity contribution is 7.92. The van der Waals surface area contributed by atoms with Gasteiger partial charge in [-0.25, -0.2) is 17.6 Å². The number of carboxylic acid groups (broad SMARTS) is 1. The highest BCUT2D eigenvalue weighted by atomic mass is 32.2. The summed E-state index contributed by atoms with van der Waals surface area (Å²) in [6.45, 7) is 0. The molecule has 0 bridgehead atoms. The van der Waals surface area contributed by atoms with Gasteiger partial charge >= 0.3 is 5.97 Å². The summed E-state index contributed by atoms with van der Waals surface area (Å²) < 4.78 is 39.8. The largest absolute Gasteiger partial charge is 0.478 e. The Labute approximate surface area is 120 Å². The normalized spacial score (nSPS) is 11.1. The third kappa shape index (κ3) is 3.11. The van der Waals surface area contributed by atoms with Crippen molar-refractivity contribution in [2.45, 2.75) is 4.90 Å². The Morgan fingerprint density at radius 1 is 1.19 bits per heavy atom. The predicted molar refractivity (Wildman–Crippen MR) is 75.0 cm³/mol. The predicted octanol–water partition coefficient (Wildman–Crippen LogP) is 1.91. The number of nitrogens with two attached hydrogens (primary N) is 1. The number of benzene rings is 2. The van der Waals surface area contributed by atoms with Crippen molar-refractivity contribution in [3.63, 3.8) is 0 Å². The Bertz CT molecular complexity index is 806. The van der Waals surface area contributed by atoms with Crippen LogP contribution >= 0.6 is 0 Å². The van der Waals surface area contributed by atoms with Crippen LogP contribution in [0.25, 0.3) is 0 Å². The van der Waals surface area contributed by atoms with E-state index >= 15 is 0 Å². The van der Waals surface area contributed by atoms with Crippen LogP contribution in [0.1, 0.15) is 10.4 Å². The number of carboxylic acids is 1. The molecule has 0 unspecified atom stereocenters. The van der Waals surface area contributed by atoms with E-state index in [1.54, 1.807) is 0 Å². The first-order valence-electron chi connectivity index (χ1n) is 5.71. The average Bonchev–Trinajstić information content (AvgIpc) is 2.41. The van der Waals surface area contributed by atoms with E-state index in [9.17, 15) is 17.6 Å². The van der Waals surface area contributed by atoms with Gasteiger partial charge in [0.25, 0.3) is 10.0 Å². The Kier molecular flexibility index (Phi) is 3.81. The first kappa shape index (κ1) is 14.8. The van der Waals surface area contributed by atoms with Gasteiger partial charge in [0.2, 0.25) is 0 Å². The molecule has 0 aliphatic rings. The van der Waals surface area contributed by atoms with E-state index < -0.39 is 26.7 Å². The highest BCUT2D eigenvalue weighted by Gasteiger charge is 2.19. The summed E-state index contributed by atoms with van der Waals surface area (Å²) in [7, 11) is -4.15. The fraction of sp³-hybridized carbons (Fsp3) is 0. The summed E-state index contributed by atoms with van der Waals surface area (Å²) in [5, 5.41) is 8.80. The van der Waals surface area contributed by atoms with Crippen molar-refractivity contribution in [1.82, 2.24) is 0 Å². The summed E-state index contributed by atoms with van der Waals surface area (Å²) in [4.78, 5) is 10.3. The Balaban J connectivity index is 2.38. The number of nitrogens with one attached hydrogen (secondary N) is 1. The maximum atomic E-state index is 13.5. The second-order valence-electron chi connectivity index (χ2n) is 4.14. The molecule has 0 spiro atoms. The topological polar surface area (TPSA) is 109 Å². The zero-order valence-corrected chi connectivity index (χ0v) is 11.4. The lowest BCUT2D eigenvalue weighted by Gasteiger charge is -2.11. The number of hydrogen-bond acceptors (Lipinski definition) is 4. The van der Waals surface area contributed by atoms with Crippen molar-refractivity contribution in [2.24, 2.45) is 0 Å². The summed E-state index contributed by atoms with van der Waals surface area (Å²) in [6.07, 6.45) is 0. The van der Waals surface area contributed by atoms with Gasteiger partial charge < -0.3 is 10.8 Å². The van der Waals surface area contributed by atoms with Crippen LogP contribution in [0.3, 0.4) is 0 Å². The first-order chi connectivity index (χ1) is 9.81. The molecule has 0 amide bonds. The molecular formula is C13H11FN2O4S. The average molecular weight is 310 g/mol. The highest BCUT2D eigenvalue weighted by Crippen LogP contribution is 2.24. The van der Waals surface area contributed by atoms with Crippen molar-refractivity contribution in [2.75, 3.05) is 10.5 Å². The summed E-state index contributed by atoms with van der Waals surface area (Å²) >= 11 is 0. The van der Waals surface area contributed by atoms with Crippen LogP contribution in [-0.4, -0.2) is 19.5 Å². The maximum Gasteiger partial charge on any atom is 0.335 e. The van der Waals surface area contributed by atoms with Crippen LogP contribution in [0.5, 0.6) is 0 Å². The molecule has 0 atom stereocenters. The van der Waals surface area contributed by atoms with Crippen molar-refractivity contribution < 1.29 is 22.7 Å². The number of halogens is 1. The van der Waals surface area contributed by atoms with Crippen LogP contribution in [0, 0.1) is 5.82 Å². The van der Waals surface area contributed by atoms with Crippen LogP contribution in [-0.2, 0) is 10.0 Å². The van der Waals surface area contributed by atoms with Gasteiger partial charge in [0, 0.05) is 0 Å². The molecule has 0 saturated carbocycles. The van der Waals surface area contributed by atoms with Crippen LogP contribution in [0.2, 0.25) is 0 Å². The van der Waals surface area contributed by atoms with Gasteiger partial charge in [-0.15, -0.1) is 0 Å². The third-order valence-electron chi connectivity index (χ3n) is 2.67. The van der Waals surface area contributed by atoms with Crippen LogP contribution in [0.4, 0.5) is 15.8 Å². The van der Waals surface area contributed by atoms with E-state index in [2.05, 4.69) is 4.72 Å². The van der Waals surface area contributed by atoms with Crippen molar-refractivity contribution in [3.8, 4) is 0 Å². The quantitative estimate of drug-likeness (QED) is 0.747. The van der Waals surface area contributed by atoms with Crippen LogP contribution in [0.15, 0.2) is 47.4 Å². The van der Waals surface area contributed by atoms with Crippen LogP contribution < -0.4 is 10.5 Å². The molecule has 0 fully saturated rings. The van der Waals surface area contributed by atoms with Gasteiger partial charge in [0.15, 0.2) is 0 Å². The summed E-state index contributed by atoms with van der Waals surface area (Å²) in [6, 6.07) is 8.39. The van der Waals surface area contributed by atoms with Crippen molar-refractivity contribution >= 4 is 27.4 Å². The van der Waals surface area contributed by atoms with E-state index in [4.69, 9.17) is 10.8 Å². The number of hydrogen-bond donors (Lipinski definition) is 3. The maximum absolute atomic E-state index is 13.5. The zero-order chi connectivity index (χ0) is 15.6. The first-order valence-corrected chi connectivity index (χ1v) is 7.20. The van der Waals surface area contributed by atoms with E-state index in [1.807, 2.05) is 0 Å². The molecular weight excluding hydrogens is 299 g/mol. The molecule has 2 rings (SSSR count). The van der Waals surface area contributed by atoms with E-state index in [0.717, 1.165) is 18.2 Å². The minimum Gasteiger partial charge on any atom is -0.478 e. The number of anilines is 2. The lowest BCUT2D eigenvalue weighted by atomic mass is 10.2. The zero-order valence-electron chi connectivity index (χ0n) is 10.6. The summed E-state index contributed by atoms with van der Waals surface area (Å²) in [5.41, 5.74) is 5.42. The number of aromatic carboxylic acids is 1. The molecule has 2 aromatic carbocycles. The second-order valence-corrected chi connectivity index (χ2v) is 5.79. The van der Waals surface area contributed by atoms with E-state index in [0.29, 0.717) is 0 Å². The monoisotopic (exact) mass is 310 g/mol. The molecule has 0 radical (unpaired) electrons. The second kappa shape index (κ2) is 5.41. The smallest absolute Gasteiger partial charge is 0.335 e. The molecule has 21 heavy (non-hydrogen) atoms.